The van der Waals surface area contributed by atoms with E-state index in [4.69, 9.17) is 0 Å². The third kappa shape index (κ3) is 4.80. The molecule has 2 atom stereocenters. The lowest BCUT2D eigenvalue weighted by Gasteiger charge is -2.36. The van der Waals surface area contributed by atoms with Crippen molar-refractivity contribution in [3.05, 3.63) is 0 Å². The van der Waals surface area contributed by atoms with Crippen LogP contribution in [0.3, 0.4) is 0 Å². The third-order valence-electron chi connectivity index (χ3n) is 6.16. The second-order valence-corrected chi connectivity index (χ2v) is 7.55. The molecule has 0 amide bonds. The standard InChI is InChI=1S/C19H36/c1-3-10-19(15-17-11-6-4-7-12-17)16(2)18-13-8-5-9-14-18/h16-19H,3-15H2,1-2H3. The van der Waals surface area contributed by atoms with E-state index in [-0.39, 0.29) is 0 Å². The van der Waals surface area contributed by atoms with Gasteiger partial charge in [-0.15, -0.1) is 0 Å². The van der Waals surface area contributed by atoms with Crippen LogP contribution in [0.25, 0.3) is 0 Å². The van der Waals surface area contributed by atoms with E-state index in [2.05, 4.69) is 13.8 Å². The van der Waals surface area contributed by atoms with E-state index in [1.54, 1.807) is 6.42 Å². The highest BCUT2D eigenvalue weighted by Crippen LogP contribution is 2.40. The first-order valence-electron chi connectivity index (χ1n) is 9.31. The lowest BCUT2D eigenvalue weighted by Crippen LogP contribution is -2.25. The average Bonchev–Trinajstić information content (AvgIpc) is 2.48. The van der Waals surface area contributed by atoms with Gasteiger partial charge in [0.25, 0.3) is 0 Å². The second kappa shape index (κ2) is 8.32. The van der Waals surface area contributed by atoms with Gasteiger partial charge >= 0.3 is 0 Å². The monoisotopic (exact) mass is 264 g/mol. The van der Waals surface area contributed by atoms with E-state index in [0.29, 0.717) is 0 Å². The summed E-state index contributed by atoms with van der Waals surface area (Å²) in [6.45, 7) is 4.99. The van der Waals surface area contributed by atoms with Gasteiger partial charge in [-0.2, -0.15) is 0 Å². The summed E-state index contributed by atoms with van der Waals surface area (Å²) in [5, 5.41) is 0. The van der Waals surface area contributed by atoms with Crippen molar-refractivity contribution in [1.29, 1.82) is 0 Å². The zero-order valence-corrected chi connectivity index (χ0v) is 13.5. The molecule has 0 radical (unpaired) electrons. The molecule has 2 aliphatic rings. The Kier molecular flexibility index (Phi) is 6.74. The van der Waals surface area contributed by atoms with Crippen LogP contribution in [0.5, 0.6) is 0 Å². The Labute approximate surface area is 121 Å². The fourth-order valence-electron chi connectivity index (χ4n) is 4.86. The van der Waals surface area contributed by atoms with Crippen LogP contribution < -0.4 is 0 Å². The van der Waals surface area contributed by atoms with Crippen molar-refractivity contribution in [2.45, 2.75) is 97.3 Å². The fraction of sp³-hybridized carbons (Fsp3) is 1.00. The molecule has 112 valence electrons. The smallest absolute Gasteiger partial charge is 0.0383 e. The van der Waals surface area contributed by atoms with Crippen molar-refractivity contribution in [2.24, 2.45) is 23.7 Å². The Morgan fingerprint density at radius 3 is 2.00 bits per heavy atom. The molecule has 0 aromatic heterocycles. The first kappa shape index (κ1) is 15.4. The second-order valence-electron chi connectivity index (χ2n) is 7.55. The van der Waals surface area contributed by atoms with Gasteiger partial charge in [0.15, 0.2) is 0 Å². The molecular formula is C19H36. The van der Waals surface area contributed by atoms with Gasteiger partial charge in [-0.25, -0.2) is 0 Å². The minimum atomic E-state index is 1.00. The molecule has 0 aromatic carbocycles. The van der Waals surface area contributed by atoms with Crippen molar-refractivity contribution in [3.63, 3.8) is 0 Å². The highest BCUT2D eigenvalue weighted by atomic mass is 14.3. The average molecular weight is 264 g/mol. The Morgan fingerprint density at radius 2 is 1.42 bits per heavy atom. The van der Waals surface area contributed by atoms with E-state index < -0.39 is 0 Å². The van der Waals surface area contributed by atoms with Gasteiger partial charge in [0.1, 0.15) is 0 Å². The summed E-state index contributed by atoms with van der Waals surface area (Å²) in [6, 6.07) is 0. The minimum Gasteiger partial charge on any atom is -0.0654 e. The SMILES string of the molecule is CCCC(CC1CCCCC1)C(C)C1CCCCC1. The van der Waals surface area contributed by atoms with Gasteiger partial charge in [0.05, 0.1) is 0 Å². The van der Waals surface area contributed by atoms with Crippen LogP contribution in [0.1, 0.15) is 97.3 Å². The van der Waals surface area contributed by atoms with Crippen LogP contribution in [0.15, 0.2) is 0 Å². The van der Waals surface area contributed by atoms with E-state index in [0.717, 1.165) is 23.7 Å². The van der Waals surface area contributed by atoms with Crippen molar-refractivity contribution in [2.75, 3.05) is 0 Å². The molecule has 0 heterocycles. The van der Waals surface area contributed by atoms with Crippen molar-refractivity contribution >= 4 is 0 Å². The summed E-state index contributed by atoms with van der Waals surface area (Å²) >= 11 is 0. The van der Waals surface area contributed by atoms with E-state index in [1.807, 2.05) is 0 Å². The van der Waals surface area contributed by atoms with Gasteiger partial charge in [-0.1, -0.05) is 90.9 Å². The van der Waals surface area contributed by atoms with Crippen LogP contribution in [-0.2, 0) is 0 Å². The van der Waals surface area contributed by atoms with Gasteiger partial charge < -0.3 is 0 Å². The van der Waals surface area contributed by atoms with Crippen molar-refractivity contribution in [1.82, 2.24) is 0 Å². The molecule has 0 aliphatic heterocycles. The molecule has 0 spiro atoms. The maximum absolute atomic E-state index is 2.60. The Morgan fingerprint density at radius 1 is 0.842 bits per heavy atom. The van der Waals surface area contributed by atoms with Crippen LogP contribution in [0.2, 0.25) is 0 Å². The molecule has 19 heavy (non-hydrogen) atoms. The summed E-state index contributed by atoms with van der Waals surface area (Å²) in [6.07, 6.45) is 19.7. The Balaban J connectivity index is 1.85. The molecule has 0 N–H and O–H groups in total. The largest absolute Gasteiger partial charge is 0.0654 e. The summed E-state index contributed by atoms with van der Waals surface area (Å²) in [4.78, 5) is 0. The Hall–Kier alpha value is 0. The molecule has 2 rings (SSSR count). The Bertz CT molecular complexity index is 220. The zero-order chi connectivity index (χ0) is 13.5. The van der Waals surface area contributed by atoms with Gasteiger partial charge in [-0.05, 0) is 30.1 Å². The lowest BCUT2D eigenvalue weighted by atomic mass is 9.70. The van der Waals surface area contributed by atoms with E-state index in [1.165, 1.54) is 77.0 Å². The van der Waals surface area contributed by atoms with Crippen LogP contribution in [0.4, 0.5) is 0 Å². The molecule has 2 unspecified atom stereocenters. The van der Waals surface area contributed by atoms with E-state index >= 15 is 0 Å². The summed E-state index contributed by atoms with van der Waals surface area (Å²) in [5.41, 5.74) is 0. The molecule has 0 nitrogen and oxygen atoms in total. The molecule has 0 heteroatoms. The molecule has 2 aliphatic carbocycles. The van der Waals surface area contributed by atoms with Crippen molar-refractivity contribution in [3.8, 4) is 0 Å². The highest BCUT2D eigenvalue weighted by molar-refractivity contribution is 4.79. The zero-order valence-electron chi connectivity index (χ0n) is 13.5. The summed E-state index contributed by atoms with van der Waals surface area (Å²) in [7, 11) is 0. The highest BCUT2D eigenvalue weighted by Gasteiger charge is 2.28. The maximum Gasteiger partial charge on any atom is -0.0383 e. The topological polar surface area (TPSA) is 0 Å². The number of hydrogen-bond donors (Lipinski definition) is 0. The summed E-state index contributed by atoms with van der Waals surface area (Å²) in [5.74, 6) is 4.18. The predicted molar refractivity (Wildman–Crippen MR) is 85.3 cm³/mol. The normalized spacial score (nSPS) is 26.2. The van der Waals surface area contributed by atoms with E-state index in [9.17, 15) is 0 Å². The maximum atomic E-state index is 2.60. The van der Waals surface area contributed by atoms with Crippen LogP contribution >= 0.6 is 0 Å². The number of hydrogen-bond acceptors (Lipinski definition) is 0. The van der Waals surface area contributed by atoms with Gasteiger partial charge in [-0.3, -0.25) is 0 Å². The third-order valence-corrected chi connectivity index (χ3v) is 6.16. The predicted octanol–water partition coefficient (Wildman–Crippen LogP) is 6.59. The summed E-state index contributed by atoms with van der Waals surface area (Å²) < 4.78 is 0. The minimum absolute atomic E-state index is 1.00. The molecule has 2 fully saturated rings. The fourth-order valence-corrected chi connectivity index (χ4v) is 4.86. The molecule has 2 saturated carbocycles. The first-order chi connectivity index (χ1) is 9.31. The lowest BCUT2D eigenvalue weighted by molar-refractivity contribution is 0.149. The van der Waals surface area contributed by atoms with Crippen LogP contribution in [-0.4, -0.2) is 0 Å². The van der Waals surface area contributed by atoms with Crippen LogP contribution in [0, 0.1) is 23.7 Å². The molecule has 0 aromatic rings. The molecular weight excluding hydrogens is 228 g/mol. The van der Waals surface area contributed by atoms with Gasteiger partial charge in [0.2, 0.25) is 0 Å². The first-order valence-corrected chi connectivity index (χ1v) is 9.31. The molecule has 0 bridgehead atoms. The molecule has 0 saturated heterocycles. The number of rotatable bonds is 6. The quantitative estimate of drug-likeness (QED) is 0.507. The van der Waals surface area contributed by atoms with Crippen molar-refractivity contribution < 1.29 is 0 Å². The van der Waals surface area contributed by atoms with Gasteiger partial charge in [0, 0.05) is 0 Å².